The third-order valence-corrected chi connectivity index (χ3v) is 4.20. The lowest BCUT2D eigenvalue weighted by atomic mass is 10.1. The second-order valence-electron chi connectivity index (χ2n) is 6.23. The van der Waals surface area contributed by atoms with E-state index in [1.807, 2.05) is 0 Å². The third-order valence-electron chi connectivity index (χ3n) is 4.20. The van der Waals surface area contributed by atoms with Crippen LogP contribution in [0.1, 0.15) is 11.6 Å². The smallest absolute Gasteiger partial charge is 0.387 e. The van der Waals surface area contributed by atoms with Gasteiger partial charge in [-0.25, -0.2) is 4.39 Å². The van der Waals surface area contributed by atoms with Gasteiger partial charge in [-0.05, 0) is 42.0 Å². The number of carbonyl (C=O) groups excluding carboxylic acids is 1. The molecule has 3 rings (SSSR count). The van der Waals surface area contributed by atoms with Crippen molar-refractivity contribution in [2.24, 2.45) is 0 Å². The van der Waals surface area contributed by atoms with Gasteiger partial charge in [-0.2, -0.15) is 8.78 Å². The first kappa shape index (κ1) is 21.0. The summed E-state index contributed by atoms with van der Waals surface area (Å²) in [5.41, 5.74) is 1.43. The number of methoxy groups -OCH3 is 1. The van der Waals surface area contributed by atoms with E-state index in [-0.39, 0.29) is 11.5 Å². The van der Waals surface area contributed by atoms with Crippen LogP contribution in [0.25, 0.3) is 0 Å². The van der Waals surface area contributed by atoms with E-state index in [1.165, 1.54) is 43.5 Å². The number of carbonyl (C=O) groups is 1. The van der Waals surface area contributed by atoms with Gasteiger partial charge in [-0.3, -0.25) is 4.79 Å². The largest absolute Gasteiger partial charge is 0.493 e. The highest BCUT2D eigenvalue weighted by Gasteiger charge is 2.22. The zero-order valence-electron chi connectivity index (χ0n) is 15.9. The first-order chi connectivity index (χ1) is 14.5. The summed E-state index contributed by atoms with van der Waals surface area (Å²) in [6, 6.07) is 17.7. The summed E-state index contributed by atoms with van der Waals surface area (Å²) in [4.78, 5) is 12.9. The van der Waals surface area contributed by atoms with Crippen LogP contribution in [0.3, 0.4) is 0 Å². The summed E-state index contributed by atoms with van der Waals surface area (Å²) < 4.78 is 48.1. The Balaban J connectivity index is 1.88. The van der Waals surface area contributed by atoms with Crippen molar-refractivity contribution in [1.82, 2.24) is 0 Å². The van der Waals surface area contributed by atoms with Crippen molar-refractivity contribution in [3.8, 4) is 11.5 Å². The van der Waals surface area contributed by atoms with Gasteiger partial charge in [0.25, 0.3) is 5.91 Å². The molecule has 0 aliphatic heterocycles. The lowest BCUT2D eigenvalue weighted by Gasteiger charge is -2.21. The molecule has 0 aromatic heterocycles. The molecule has 5 nitrogen and oxygen atoms in total. The highest BCUT2D eigenvalue weighted by Crippen LogP contribution is 2.33. The number of nitrogens with one attached hydrogen (secondary N) is 2. The molecule has 0 fully saturated rings. The van der Waals surface area contributed by atoms with Crippen molar-refractivity contribution in [3.63, 3.8) is 0 Å². The number of amides is 1. The molecule has 8 heteroatoms. The summed E-state index contributed by atoms with van der Waals surface area (Å²) in [6.45, 7) is -3.03. The number of halogens is 3. The predicted octanol–water partition coefficient (Wildman–Crippen LogP) is 5.23. The number of rotatable bonds is 8. The van der Waals surface area contributed by atoms with E-state index < -0.39 is 24.4 Å². The zero-order chi connectivity index (χ0) is 21.5. The molecule has 1 atom stereocenters. The summed E-state index contributed by atoms with van der Waals surface area (Å²) in [5, 5.41) is 5.74. The fourth-order valence-corrected chi connectivity index (χ4v) is 2.81. The SMILES string of the molecule is COc1ccc(NC(C(=O)Nc2ccc(F)cc2)c2ccccc2)cc1OC(F)F. The number of ether oxygens (including phenoxy) is 2. The van der Waals surface area contributed by atoms with Gasteiger partial charge in [0.1, 0.15) is 11.9 Å². The predicted molar refractivity (Wildman–Crippen MR) is 107 cm³/mol. The Morgan fingerprint density at radius 2 is 1.57 bits per heavy atom. The van der Waals surface area contributed by atoms with Crippen molar-refractivity contribution in [2.45, 2.75) is 12.7 Å². The van der Waals surface area contributed by atoms with Crippen molar-refractivity contribution in [2.75, 3.05) is 17.7 Å². The van der Waals surface area contributed by atoms with Crippen molar-refractivity contribution < 1.29 is 27.4 Å². The number of alkyl halides is 2. The second-order valence-corrected chi connectivity index (χ2v) is 6.23. The molecule has 0 radical (unpaired) electrons. The second kappa shape index (κ2) is 9.69. The molecule has 1 amide bonds. The monoisotopic (exact) mass is 416 g/mol. The quantitative estimate of drug-likeness (QED) is 0.528. The Kier molecular flexibility index (Phi) is 6.79. The molecule has 0 heterocycles. The van der Waals surface area contributed by atoms with E-state index in [4.69, 9.17) is 4.74 Å². The van der Waals surface area contributed by atoms with E-state index in [1.54, 1.807) is 36.4 Å². The molecule has 0 saturated heterocycles. The topological polar surface area (TPSA) is 59.6 Å². The maximum Gasteiger partial charge on any atom is 0.387 e. The van der Waals surface area contributed by atoms with Crippen LogP contribution in [0.15, 0.2) is 72.8 Å². The van der Waals surface area contributed by atoms with Gasteiger partial charge in [-0.15, -0.1) is 0 Å². The minimum absolute atomic E-state index is 0.132. The summed E-state index contributed by atoms with van der Waals surface area (Å²) in [7, 11) is 1.34. The van der Waals surface area contributed by atoms with Crippen LogP contribution in [-0.2, 0) is 4.79 Å². The maximum atomic E-state index is 13.1. The van der Waals surface area contributed by atoms with E-state index in [0.717, 1.165) is 0 Å². The average Bonchev–Trinajstić information content (AvgIpc) is 2.74. The third kappa shape index (κ3) is 5.44. The molecule has 0 aliphatic carbocycles. The van der Waals surface area contributed by atoms with Crippen molar-refractivity contribution in [1.29, 1.82) is 0 Å². The Bertz CT molecular complexity index is 983. The molecule has 2 N–H and O–H groups in total. The summed E-state index contributed by atoms with van der Waals surface area (Å²) >= 11 is 0. The zero-order valence-corrected chi connectivity index (χ0v) is 15.9. The van der Waals surface area contributed by atoms with Crippen LogP contribution in [0.5, 0.6) is 11.5 Å². The van der Waals surface area contributed by atoms with Crippen LogP contribution in [0.2, 0.25) is 0 Å². The fourth-order valence-electron chi connectivity index (χ4n) is 2.81. The Morgan fingerprint density at radius 1 is 0.900 bits per heavy atom. The first-order valence-electron chi connectivity index (χ1n) is 8.97. The van der Waals surface area contributed by atoms with Gasteiger partial charge in [0.15, 0.2) is 11.5 Å². The number of benzene rings is 3. The molecule has 0 aliphatic rings. The fraction of sp³-hybridized carbons (Fsp3) is 0.136. The normalized spacial score (nSPS) is 11.6. The van der Waals surface area contributed by atoms with Gasteiger partial charge in [0, 0.05) is 17.4 Å². The van der Waals surface area contributed by atoms with Gasteiger partial charge >= 0.3 is 6.61 Å². The molecule has 0 saturated carbocycles. The van der Waals surface area contributed by atoms with Crippen LogP contribution in [0.4, 0.5) is 24.5 Å². The van der Waals surface area contributed by atoms with E-state index in [0.29, 0.717) is 16.9 Å². The lowest BCUT2D eigenvalue weighted by molar-refractivity contribution is -0.117. The first-order valence-corrected chi connectivity index (χ1v) is 8.97. The standard InChI is InChI=1S/C22H19F3N2O3/c1-29-18-12-11-17(13-19(18)30-22(24)25)26-20(14-5-3-2-4-6-14)21(28)27-16-9-7-15(23)8-10-16/h2-13,20,22,26H,1H3,(H,27,28). The van der Waals surface area contributed by atoms with Gasteiger partial charge in [0.2, 0.25) is 0 Å². The average molecular weight is 416 g/mol. The van der Waals surface area contributed by atoms with Crippen LogP contribution < -0.4 is 20.1 Å². The van der Waals surface area contributed by atoms with Crippen molar-refractivity contribution in [3.05, 3.63) is 84.2 Å². The highest BCUT2D eigenvalue weighted by molar-refractivity contribution is 5.97. The lowest BCUT2D eigenvalue weighted by Crippen LogP contribution is -2.27. The number of anilines is 2. The molecule has 0 bridgehead atoms. The Morgan fingerprint density at radius 3 is 2.20 bits per heavy atom. The van der Waals surface area contributed by atoms with E-state index in [9.17, 15) is 18.0 Å². The van der Waals surface area contributed by atoms with Crippen molar-refractivity contribution >= 4 is 17.3 Å². The molecular weight excluding hydrogens is 397 g/mol. The summed E-state index contributed by atoms with van der Waals surface area (Å²) in [5.74, 6) is -0.869. The molecule has 30 heavy (non-hydrogen) atoms. The Labute approximate surface area is 171 Å². The summed E-state index contributed by atoms with van der Waals surface area (Å²) in [6.07, 6.45) is 0. The van der Waals surface area contributed by atoms with Gasteiger partial charge in [0.05, 0.1) is 7.11 Å². The minimum atomic E-state index is -3.03. The number of hydrogen-bond acceptors (Lipinski definition) is 4. The molecule has 156 valence electrons. The van der Waals surface area contributed by atoms with Crippen LogP contribution in [0, 0.1) is 5.82 Å². The molecular formula is C22H19F3N2O3. The highest BCUT2D eigenvalue weighted by atomic mass is 19.3. The Hall–Kier alpha value is -3.68. The van der Waals surface area contributed by atoms with Gasteiger partial charge < -0.3 is 20.1 Å². The minimum Gasteiger partial charge on any atom is -0.493 e. The molecule has 3 aromatic rings. The number of hydrogen-bond donors (Lipinski definition) is 2. The van der Waals surface area contributed by atoms with Crippen LogP contribution in [-0.4, -0.2) is 19.6 Å². The van der Waals surface area contributed by atoms with E-state index >= 15 is 0 Å². The maximum absolute atomic E-state index is 13.1. The molecule has 0 spiro atoms. The molecule has 3 aromatic carbocycles. The van der Waals surface area contributed by atoms with E-state index in [2.05, 4.69) is 15.4 Å². The van der Waals surface area contributed by atoms with Gasteiger partial charge in [-0.1, -0.05) is 30.3 Å². The van der Waals surface area contributed by atoms with Crippen LogP contribution >= 0.6 is 0 Å². The molecule has 1 unspecified atom stereocenters.